The number of hydrogen-bond donors (Lipinski definition) is 1. The molecule has 1 aliphatic rings. The Morgan fingerprint density at radius 3 is 2.43 bits per heavy atom. The molecule has 2 aromatic rings. The highest BCUT2D eigenvalue weighted by molar-refractivity contribution is 6.00. The summed E-state index contributed by atoms with van der Waals surface area (Å²) in [5.74, 6) is -2.00. The first kappa shape index (κ1) is 21.0. The molecule has 156 valence electrons. The minimum absolute atomic E-state index is 0.0261. The third-order valence-electron chi connectivity index (χ3n) is 4.82. The monoisotopic (exact) mass is 411 g/mol. The Kier molecular flexibility index (Phi) is 6.41. The van der Waals surface area contributed by atoms with Crippen molar-refractivity contribution in [2.45, 2.75) is 19.8 Å². The number of ether oxygens (including phenoxy) is 1. The maximum Gasteiger partial charge on any atom is 0.311 e. The molecule has 1 aliphatic heterocycles. The standard InChI is InChI=1S/C21H21N3O6/c1-2-14-3-7-17(8-4-14)23-12-15(11-20(23)26)21(27)30-13-19(25)22-16-5-9-18(10-6-16)24(28)29/h3-10,15H,2,11-13H2,1H3,(H,22,25)/t15-/m1/s1. The number of carbonyl (C=O) groups is 3. The smallest absolute Gasteiger partial charge is 0.311 e. The lowest BCUT2D eigenvalue weighted by molar-refractivity contribution is -0.384. The summed E-state index contributed by atoms with van der Waals surface area (Å²) in [4.78, 5) is 48.2. The zero-order valence-electron chi connectivity index (χ0n) is 16.4. The van der Waals surface area contributed by atoms with Crippen molar-refractivity contribution >= 4 is 34.8 Å². The highest BCUT2D eigenvalue weighted by Crippen LogP contribution is 2.26. The fraction of sp³-hybridized carbons (Fsp3) is 0.286. The van der Waals surface area contributed by atoms with Gasteiger partial charge in [-0.25, -0.2) is 0 Å². The molecule has 1 heterocycles. The van der Waals surface area contributed by atoms with Crippen molar-refractivity contribution in [2.24, 2.45) is 5.92 Å². The van der Waals surface area contributed by atoms with Crippen molar-refractivity contribution in [1.82, 2.24) is 0 Å². The second kappa shape index (κ2) is 9.17. The molecule has 1 atom stereocenters. The van der Waals surface area contributed by atoms with Crippen molar-refractivity contribution in [2.75, 3.05) is 23.4 Å². The Morgan fingerprint density at radius 1 is 1.17 bits per heavy atom. The first-order valence-electron chi connectivity index (χ1n) is 9.47. The summed E-state index contributed by atoms with van der Waals surface area (Å²) < 4.78 is 5.05. The van der Waals surface area contributed by atoms with Gasteiger partial charge in [-0.1, -0.05) is 19.1 Å². The zero-order chi connectivity index (χ0) is 21.7. The fourth-order valence-corrected chi connectivity index (χ4v) is 3.14. The van der Waals surface area contributed by atoms with E-state index in [0.29, 0.717) is 5.69 Å². The fourth-order valence-electron chi connectivity index (χ4n) is 3.14. The topological polar surface area (TPSA) is 119 Å². The van der Waals surface area contributed by atoms with Gasteiger partial charge in [-0.3, -0.25) is 24.5 Å². The molecule has 3 rings (SSSR count). The quantitative estimate of drug-likeness (QED) is 0.425. The summed E-state index contributed by atoms with van der Waals surface area (Å²) >= 11 is 0. The van der Waals surface area contributed by atoms with Crippen LogP contribution in [0.5, 0.6) is 0 Å². The maximum atomic E-state index is 12.3. The third-order valence-corrected chi connectivity index (χ3v) is 4.82. The molecular formula is C21H21N3O6. The SMILES string of the molecule is CCc1ccc(N2C[C@H](C(=O)OCC(=O)Nc3ccc([N+](=O)[O-])cc3)CC2=O)cc1. The Bertz CT molecular complexity index is 956. The molecule has 0 saturated carbocycles. The van der Waals surface area contributed by atoms with Crippen LogP contribution in [0.1, 0.15) is 18.9 Å². The molecular weight excluding hydrogens is 390 g/mol. The largest absolute Gasteiger partial charge is 0.455 e. The first-order chi connectivity index (χ1) is 14.4. The maximum absolute atomic E-state index is 12.3. The number of nitro groups is 1. The van der Waals surface area contributed by atoms with E-state index in [9.17, 15) is 24.5 Å². The predicted octanol–water partition coefficient (Wildman–Crippen LogP) is 2.69. The Labute approximate surface area is 172 Å². The number of aryl methyl sites for hydroxylation is 1. The van der Waals surface area contributed by atoms with Crippen LogP contribution in [-0.4, -0.2) is 35.9 Å². The highest BCUT2D eigenvalue weighted by Gasteiger charge is 2.36. The van der Waals surface area contributed by atoms with E-state index in [4.69, 9.17) is 4.74 Å². The lowest BCUT2D eigenvalue weighted by Crippen LogP contribution is -2.28. The van der Waals surface area contributed by atoms with Gasteiger partial charge in [0.05, 0.1) is 10.8 Å². The van der Waals surface area contributed by atoms with Crippen LogP contribution in [0, 0.1) is 16.0 Å². The molecule has 0 bridgehead atoms. The van der Waals surface area contributed by atoms with Crippen LogP contribution in [0.15, 0.2) is 48.5 Å². The molecule has 1 saturated heterocycles. The summed E-state index contributed by atoms with van der Waals surface area (Å²) in [5, 5.41) is 13.1. The summed E-state index contributed by atoms with van der Waals surface area (Å²) in [6, 6.07) is 12.9. The number of hydrogen-bond acceptors (Lipinski definition) is 6. The van der Waals surface area contributed by atoms with Crippen molar-refractivity contribution in [3.8, 4) is 0 Å². The summed E-state index contributed by atoms with van der Waals surface area (Å²) in [6.45, 7) is 1.73. The van der Waals surface area contributed by atoms with Crippen LogP contribution in [0.3, 0.4) is 0 Å². The molecule has 2 aromatic carbocycles. The second-order valence-electron chi connectivity index (χ2n) is 6.89. The van der Waals surface area contributed by atoms with Crippen molar-refractivity contribution in [3.63, 3.8) is 0 Å². The van der Waals surface area contributed by atoms with E-state index in [1.54, 1.807) is 4.90 Å². The van der Waals surface area contributed by atoms with Crippen molar-refractivity contribution < 1.29 is 24.0 Å². The number of amides is 2. The Balaban J connectivity index is 1.50. The summed E-state index contributed by atoms with van der Waals surface area (Å²) in [7, 11) is 0. The van der Waals surface area contributed by atoms with Gasteiger partial charge in [-0.15, -0.1) is 0 Å². The van der Waals surface area contributed by atoms with E-state index in [1.807, 2.05) is 31.2 Å². The van der Waals surface area contributed by atoms with Gasteiger partial charge in [0.1, 0.15) is 0 Å². The van der Waals surface area contributed by atoms with Crippen LogP contribution < -0.4 is 10.2 Å². The minimum atomic E-state index is -0.643. The molecule has 1 N–H and O–H groups in total. The van der Waals surface area contributed by atoms with Crippen LogP contribution in [0.2, 0.25) is 0 Å². The number of nitrogens with zero attached hydrogens (tertiary/aromatic N) is 2. The van der Waals surface area contributed by atoms with E-state index in [0.717, 1.165) is 17.7 Å². The lowest BCUT2D eigenvalue weighted by Gasteiger charge is -2.17. The number of benzene rings is 2. The molecule has 30 heavy (non-hydrogen) atoms. The van der Waals surface area contributed by atoms with Gasteiger partial charge in [0, 0.05) is 36.5 Å². The number of nitrogens with one attached hydrogen (secondary N) is 1. The molecule has 2 amide bonds. The van der Waals surface area contributed by atoms with Crippen molar-refractivity contribution in [3.05, 3.63) is 64.2 Å². The Morgan fingerprint density at radius 2 is 1.83 bits per heavy atom. The van der Waals surface area contributed by atoms with E-state index in [2.05, 4.69) is 5.32 Å². The number of rotatable bonds is 7. The molecule has 0 unspecified atom stereocenters. The number of carbonyl (C=O) groups excluding carboxylic acids is 3. The number of esters is 1. The number of nitro benzene ring substituents is 1. The molecule has 0 radical (unpaired) electrons. The summed E-state index contributed by atoms with van der Waals surface area (Å²) in [6.07, 6.45) is 0.920. The van der Waals surface area contributed by atoms with Crippen molar-refractivity contribution in [1.29, 1.82) is 0 Å². The van der Waals surface area contributed by atoms with Gasteiger partial charge in [0.15, 0.2) is 6.61 Å². The minimum Gasteiger partial charge on any atom is -0.455 e. The van der Waals surface area contributed by atoms with Crippen LogP contribution in [0.25, 0.3) is 0 Å². The lowest BCUT2D eigenvalue weighted by atomic mass is 10.1. The van der Waals surface area contributed by atoms with E-state index in [-0.39, 0.29) is 24.6 Å². The van der Waals surface area contributed by atoms with E-state index >= 15 is 0 Å². The zero-order valence-corrected chi connectivity index (χ0v) is 16.4. The average molecular weight is 411 g/mol. The van der Waals surface area contributed by atoms with Crippen LogP contribution >= 0.6 is 0 Å². The van der Waals surface area contributed by atoms with E-state index in [1.165, 1.54) is 24.3 Å². The highest BCUT2D eigenvalue weighted by atomic mass is 16.6. The van der Waals surface area contributed by atoms with E-state index < -0.39 is 29.3 Å². The molecule has 1 fully saturated rings. The summed E-state index contributed by atoms with van der Waals surface area (Å²) in [5.41, 5.74) is 2.13. The van der Waals surface area contributed by atoms with Gasteiger partial charge >= 0.3 is 5.97 Å². The van der Waals surface area contributed by atoms with Crippen LogP contribution in [0.4, 0.5) is 17.1 Å². The normalized spacial score (nSPS) is 15.7. The molecule has 9 nitrogen and oxygen atoms in total. The molecule has 0 aliphatic carbocycles. The second-order valence-corrected chi connectivity index (χ2v) is 6.89. The predicted molar refractivity (Wildman–Crippen MR) is 109 cm³/mol. The molecule has 9 heteroatoms. The Hall–Kier alpha value is -3.75. The van der Waals surface area contributed by atoms with Gasteiger partial charge in [-0.2, -0.15) is 0 Å². The molecule has 0 spiro atoms. The third kappa shape index (κ3) is 4.99. The van der Waals surface area contributed by atoms with Gasteiger partial charge in [-0.05, 0) is 36.2 Å². The van der Waals surface area contributed by atoms with Crippen LogP contribution in [-0.2, 0) is 25.5 Å². The van der Waals surface area contributed by atoms with Gasteiger partial charge in [0.2, 0.25) is 5.91 Å². The number of anilines is 2. The van der Waals surface area contributed by atoms with Gasteiger partial charge < -0.3 is 15.0 Å². The van der Waals surface area contributed by atoms with Gasteiger partial charge in [0.25, 0.3) is 11.6 Å². The average Bonchev–Trinajstić information content (AvgIpc) is 3.14. The molecule has 0 aromatic heterocycles. The number of non-ortho nitro benzene ring substituents is 1. The first-order valence-corrected chi connectivity index (χ1v) is 9.47.